The molecule has 2 heterocycles. The van der Waals surface area contributed by atoms with Crippen LogP contribution in [-0.4, -0.2) is 24.2 Å². The van der Waals surface area contributed by atoms with Crippen LogP contribution in [0, 0.1) is 0 Å². The van der Waals surface area contributed by atoms with Gasteiger partial charge in [0, 0.05) is 12.1 Å². The molecule has 1 atom stereocenters. The largest absolute Gasteiger partial charge is 0.508 e. The predicted octanol–water partition coefficient (Wildman–Crippen LogP) is 1.14. The second-order valence-corrected chi connectivity index (χ2v) is 4.39. The number of rotatable bonds is 0. The Morgan fingerprint density at radius 3 is 3.06 bits per heavy atom. The van der Waals surface area contributed by atoms with Crippen molar-refractivity contribution in [3.05, 3.63) is 29.3 Å². The summed E-state index contributed by atoms with van der Waals surface area (Å²) in [5.41, 5.74) is 0.856. The van der Waals surface area contributed by atoms with Gasteiger partial charge in [0.25, 0.3) is 0 Å². The van der Waals surface area contributed by atoms with Crippen molar-refractivity contribution in [2.24, 2.45) is 0 Å². The molecule has 4 heteroatoms. The third kappa shape index (κ3) is 1.23. The van der Waals surface area contributed by atoms with Crippen LogP contribution < -0.4 is 5.32 Å². The second kappa shape index (κ2) is 3.22. The number of carbonyl (C=O) groups excluding carboxylic acids is 1. The van der Waals surface area contributed by atoms with Crippen molar-refractivity contribution in [1.29, 1.82) is 0 Å². The molecule has 0 bridgehead atoms. The minimum atomic E-state index is -0.552. The van der Waals surface area contributed by atoms with Crippen molar-refractivity contribution in [3.63, 3.8) is 0 Å². The molecular weight excluding hydrogens is 206 g/mol. The maximum atomic E-state index is 11.7. The first-order chi connectivity index (χ1) is 7.71. The van der Waals surface area contributed by atoms with Gasteiger partial charge in [-0.3, -0.25) is 0 Å². The molecule has 3 rings (SSSR count). The summed E-state index contributed by atoms with van der Waals surface area (Å²) >= 11 is 0. The minimum Gasteiger partial charge on any atom is -0.508 e. The highest BCUT2D eigenvalue weighted by molar-refractivity contribution is 5.95. The smallest absolute Gasteiger partial charge is 0.339 e. The van der Waals surface area contributed by atoms with Crippen LogP contribution in [0.3, 0.4) is 0 Å². The summed E-state index contributed by atoms with van der Waals surface area (Å²) in [5, 5.41) is 12.7. The fraction of sp³-hybridized carbons (Fsp3) is 0.417. The van der Waals surface area contributed by atoms with E-state index in [1.807, 2.05) is 0 Å². The van der Waals surface area contributed by atoms with E-state index in [-0.39, 0.29) is 11.7 Å². The number of esters is 1. The highest BCUT2D eigenvalue weighted by Gasteiger charge is 2.46. The molecule has 0 amide bonds. The van der Waals surface area contributed by atoms with Gasteiger partial charge >= 0.3 is 5.97 Å². The highest BCUT2D eigenvalue weighted by Crippen LogP contribution is 2.42. The SMILES string of the molecule is O=C1OC2(CCCNC2)c2cc(O)ccc21. The summed E-state index contributed by atoms with van der Waals surface area (Å²) in [4.78, 5) is 11.7. The average molecular weight is 219 g/mol. The molecule has 0 radical (unpaired) electrons. The van der Waals surface area contributed by atoms with Gasteiger partial charge in [0.05, 0.1) is 5.56 Å². The second-order valence-electron chi connectivity index (χ2n) is 4.39. The molecule has 0 aromatic heterocycles. The Bertz CT molecular complexity index is 450. The van der Waals surface area contributed by atoms with Gasteiger partial charge in [-0.05, 0) is 37.6 Å². The van der Waals surface area contributed by atoms with Crippen LogP contribution in [0.4, 0.5) is 0 Å². The molecule has 1 unspecified atom stereocenters. The maximum absolute atomic E-state index is 11.7. The number of phenols is 1. The number of carbonyl (C=O) groups is 1. The number of benzene rings is 1. The first-order valence-corrected chi connectivity index (χ1v) is 5.49. The van der Waals surface area contributed by atoms with E-state index >= 15 is 0 Å². The van der Waals surface area contributed by atoms with Crippen molar-refractivity contribution in [1.82, 2.24) is 5.32 Å². The molecular formula is C12H13NO3. The lowest BCUT2D eigenvalue weighted by Crippen LogP contribution is -2.43. The fourth-order valence-electron chi connectivity index (χ4n) is 2.57. The number of hydrogen-bond donors (Lipinski definition) is 2. The first-order valence-electron chi connectivity index (χ1n) is 5.49. The normalized spacial score (nSPS) is 27.9. The third-order valence-electron chi connectivity index (χ3n) is 3.35. The molecule has 4 nitrogen and oxygen atoms in total. The van der Waals surface area contributed by atoms with E-state index < -0.39 is 5.60 Å². The van der Waals surface area contributed by atoms with Crippen LogP contribution in [0.5, 0.6) is 5.75 Å². The Balaban J connectivity index is 2.12. The molecule has 1 saturated heterocycles. The third-order valence-corrected chi connectivity index (χ3v) is 3.35. The lowest BCUT2D eigenvalue weighted by molar-refractivity contribution is -0.0204. The van der Waals surface area contributed by atoms with Crippen molar-refractivity contribution < 1.29 is 14.6 Å². The van der Waals surface area contributed by atoms with Gasteiger partial charge in [0.15, 0.2) is 5.60 Å². The fourth-order valence-corrected chi connectivity index (χ4v) is 2.57. The van der Waals surface area contributed by atoms with Crippen LogP contribution in [0.2, 0.25) is 0 Å². The quantitative estimate of drug-likeness (QED) is 0.642. The number of nitrogens with one attached hydrogen (secondary N) is 1. The van der Waals surface area contributed by atoms with E-state index in [9.17, 15) is 9.90 Å². The summed E-state index contributed by atoms with van der Waals surface area (Å²) in [6, 6.07) is 4.80. The van der Waals surface area contributed by atoms with Crippen molar-refractivity contribution in [2.45, 2.75) is 18.4 Å². The minimum absolute atomic E-state index is 0.182. The lowest BCUT2D eigenvalue weighted by atomic mass is 9.86. The van der Waals surface area contributed by atoms with Gasteiger partial charge in [0.1, 0.15) is 5.75 Å². The zero-order chi connectivity index (χ0) is 11.2. The van der Waals surface area contributed by atoms with Gasteiger partial charge < -0.3 is 15.2 Å². The zero-order valence-electron chi connectivity index (χ0n) is 8.82. The molecule has 1 aromatic rings. The summed E-state index contributed by atoms with van der Waals surface area (Å²) in [5.74, 6) is -0.0966. The molecule has 1 fully saturated rings. The number of piperidine rings is 1. The van der Waals surface area contributed by atoms with Crippen LogP contribution in [-0.2, 0) is 10.3 Å². The zero-order valence-corrected chi connectivity index (χ0v) is 8.82. The summed E-state index contributed by atoms with van der Waals surface area (Å²) < 4.78 is 5.50. The first kappa shape index (κ1) is 9.66. The van der Waals surface area contributed by atoms with E-state index in [0.717, 1.165) is 24.9 Å². The van der Waals surface area contributed by atoms with Crippen LogP contribution in [0.15, 0.2) is 18.2 Å². The molecule has 2 aliphatic rings. The molecule has 2 N–H and O–H groups in total. The number of hydrogen-bond acceptors (Lipinski definition) is 4. The van der Waals surface area contributed by atoms with Crippen molar-refractivity contribution in [2.75, 3.05) is 13.1 Å². The average Bonchev–Trinajstić information content (AvgIpc) is 2.53. The van der Waals surface area contributed by atoms with Crippen molar-refractivity contribution in [3.8, 4) is 5.75 Å². The van der Waals surface area contributed by atoms with Crippen molar-refractivity contribution >= 4 is 5.97 Å². The Morgan fingerprint density at radius 1 is 1.44 bits per heavy atom. The van der Waals surface area contributed by atoms with Gasteiger partial charge in [0.2, 0.25) is 0 Å². The molecule has 0 saturated carbocycles. The van der Waals surface area contributed by atoms with E-state index in [2.05, 4.69) is 5.32 Å². The van der Waals surface area contributed by atoms with E-state index in [4.69, 9.17) is 4.74 Å². The Hall–Kier alpha value is -1.55. The van der Waals surface area contributed by atoms with Gasteiger partial charge in [-0.2, -0.15) is 0 Å². The molecule has 84 valence electrons. The van der Waals surface area contributed by atoms with Crippen LogP contribution in [0.1, 0.15) is 28.8 Å². The molecule has 16 heavy (non-hydrogen) atoms. The van der Waals surface area contributed by atoms with E-state index in [1.165, 1.54) is 6.07 Å². The van der Waals surface area contributed by atoms with E-state index in [1.54, 1.807) is 12.1 Å². The molecule has 0 aliphatic carbocycles. The number of aromatic hydroxyl groups is 1. The summed E-state index contributed by atoms with van der Waals surface area (Å²) in [7, 11) is 0. The number of ether oxygens (including phenoxy) is 1. The molecule has 1 spiro atoms. The lowest BCUT2D eigenvalue weighted by Gasteiger charge is -2.33. The van der Waals surface area contributed by atoms with Gasteiger partial charge in [-0.25, -0.2) is 4.79 Å². The maximum Gasteiger partial charge on any atom is 0.339 e. The van der Waals surface area contributed by atoms with E-state index in [0.29, 0.717) is 12.1 Å². The molecule has 2 aliphatic heterocycles. The summed E-state index contributed by atoms with van der Waals surface area (Å²) in [6.45, 7) is 1.59. The standard InChI is InChI=1S/C12H13NO3/c14-8-2-3-9-10(6-8)12(16-11(9)15)4-1-5-13-7-12/h2-3,6,13-14H,1,4-5,7H2. The van der Waals surface area contributed by atoms with Gasteiger partial charge in [-0.1, -0.05) is 0 Å². The predicted molar refractivity (Wildman–Crippen MR) is 57.3 cm³/mol. The Kier molecular flexibility index (Phi) is 1.94. The topological polar surface area (TPSA) is 58.6 Å². The highest BCUT2D eigenvalue weighted by atomic mass is 16.6. The number of fused-ring (bicyclic) bond motifs is 2. The monoisotopic (exact) mass is 219 g/mol. The van der Waals surface area contributed by atoms with Crippen LogP contribution >= 0.6 is 0 Å². The summed E-state index contributed by atoms with van der Waals surface area (Å²) in [6.07, 6.45) is 1.80. The number of phenolic OH excluding ortho intramolecular Hbond substituents is 1. The van der Waals surface area contributed by atoms with Crippen LogP contribution in [0.25, 0.3) is 0 Å². The Labute approximate surface area is 93.2 Å². The van der Waals surface area contributed by atoms with Gasteiger partial charge in [-0.15, -0.1) is 0 Å². The Morgan fingerprint density at radius 2 is 2.31 bits per heavy atom. The molecule has 1 aromatic carbocycles.